The molecule has 2 aromatic carbocycles. The molecule has 1 aliphatic rings. The molecule has 192 valence electrons. The number of aryl methyl sites for hydroxylation is 1. The summed E-state index contributed by atoms with van der Waals surface area (Å²) in [6.07, 6.45) is 6.28. The van der Waals surface area contributed by atoms with Gasteiger partial charge in [0.15, 0.2) is 0 Å². The zero-order valence-electron chi connectivity index (χ0n) is 21.7. The smallest absolute Gasteiger partial charge is 0.337 e. The van der Waals surface area contributed by atoms with Crippen molar-refractivity contribution < 1.29 is 19.1 Å². The van der Waals surface area contributed by atoms with E-state index in [1.165, 1.54) is 25.5 Å². The molecule has 1 heterocycles. The molecule has 0 bridgehead atoms. The number of allylic oxidation sites excluding steroid dienone is 1. The minimum absolute atomic E-state index is 0.217. The number of benzene rings is 2. The molecule has 3 amide bonds. The summed E-state index contributed by atoms with van der Waals surface area (Å²) in [7, 11) is 1.33. The molecule has 7 heteroatoms. The first kappa shape index (κ1) is 27.0. The fourth-order valence-electron chi connectivity index (χ4n) is 4.39. The Labute approximate surface area is 213 Å². The highest BCUT2D eigenvalue weighted by Gasteiger charge is 2.36. The van der Waals surface area contributed by atoms with E-state index in [2.05, 4.69) is 17.6 Å². The van der Waals surface area contributed by atoms with E-state index in [1.807, 2.05) is 37.3 Å². The maximum atomic E-state index is 12.9. The van der Waals surface area contributed by atoms with Crippen LogP contribution in [0, 0.1) is 0 Å². The van der Waals surface area contributed by atoms with E-state index in [1.54, 1.807) is 30.0 Å². The van der Waals surface area contributed by atoms with Crippen LogP contribution in [-0.4, -0.2) is 36.5 Å². The highest BCUT2D eigenvalue weighted by molar-refractivity contribution is 6.04. The van der Waals surface area contributed by atoms with Crippen molar-refractivity contribution in [1.29, 1.82) is 0 Å². The molecule has 0 spiro atoms. The first-order chi connectivity index (χ1) is 17.4. The number of anilines is 1. The van der Waals surface area contributed by atoms with Gasteiger partial charge in [-0.15, -0.1) is 0 Å². The standard InChI is InChI=1S/C29H37N3O4/c1-5-7-9-11-21-14-16-22(17-15-21)27(33)30-24-13-10-12-23(19-24)26-25(28(34)36-4)20(3)32(18-8-6-2)29(35)31-26/h10,12-17,19,26H,5-9,11,18H2,1-4H3,(H,30,33)(H,31,35). The summed E-state index contributed by atoms with van der Waals surface area (Å²) in [5, 5.41) is 5.87. The zero-order chi connectivity index (χ0) is 26.1. The molecule has 1 aliphatic heterocycles. The Bertz CT molecular complexity index is 1110. The monoisotopic (exact) mass is 491 g/mol. The van der Waals surface area contributed by atoms with Gasteiger partial charge in [0.2, 0.25) is 0 Å². The minimum atomic E-state index is -0.679. The number of nitrogens with zero attached hydrogens (tertiary/aromatic N) is 1. The molecule has 3 rings (SSSR count). The molecule has 2 aromatic rings. The molecular weight excluding hydrogens is 454 g/mol. The lowest BCUT2D eigenvalue weighted by Crippen LogP contribution is -2.48. The average molecular weight is 492 g/mol. The van der Waals surface area contributed by atoms with Crippen LogP contribution in [0.4, 0.5) is 10.5 Å². The van der Waals surface area contributed by atoms with E-state index in [-0.39, 0.29) is 11.9 Å². The molecule has 0 radical (unpaired) electrons. The van der Waals surface area contributed by atoms with Crippen molar-refractivity contribution in [3.63, 3.8) is 0 Å². The van der Waals surface area contributed by atoms with Crippen LogP contribution in [0.2, 0.25) is 0 Å². The quantitative estimate of drug-likeness (QED) is 0.299. The van der Waals surface area contributed by atoms with Gasteiger partial charge in [-0.05, 0) is 61.6 Å². The van der Waals surface area contributed by atoms with Gasteiger partial charge >= 0.3 is 12.0 Å². The molecule has 1 unspecified atom stereocenters. The SMILES string of the molecule is CCCCCc1ccc(C(=O)Nc2cccc(C3NC(=O)N(CCCC)C(C)=C3C(=O)OC)c2)cc1. The van der Waals surface area contributed by atoms with Crippen LogP contribution in [0.15, 0.2) is 59.8 Å². The summed E-state index contributed by atoms with van der Waals surface area (Å²) in [6.45, 7) is 6.52. The van der Waals surface area contributed by atoms with E-state index >= 15 is 0 Å². The van der Waals surface area contributed by atoms with Crippen LogP contribution in [0.1, 0.15) is 80.4 Å². The van der Waals surface area contributed by atoms with Crippen molar-refractivity contribution in [3.05, 3.63) is 76.5 Å². The number of hydrogen-bond acceptors (Lipinski definition) is 4. The average Bonchev–Trinajstić information content (AvgIpc) is 2.88. The van der Waals surface area contributed by atoms with Gasteiger partial charge < -0.3 is 15.4 Å². The Morgan fingerprint density at radius 2 is 1.75 bits per heavy atom. The van der Waals surface area contributed by atoms with Crippen LogP contribution >= 0.6 is 0 Å². The molecular formula is C29H37N3O4. The van der Waals surface area contributed by atoms with Gasteiger partial charge in [-0.2, -0.15) is 0 Å². The van der Waals surface area contributed by atoms with Gasteiger partial charge in [0.05, 0.1) is 18.7 Å². The number of esters is 1. The Balaban J connectivity index is 1.80. The van der Waals surface area contributed by atoms with Crippen LogP contribution < -0.4 is 10.6 Å². The van der Waals surface area contributed by atoms with Crippen LogP contribution in [0.25, 0.3) is 0 Å². The van der Waals surface area contributed by atoms with Gasteiger partial charge in [0, 0.05) is 23.5 Å². The number of ether oxygens (including phenoxy) is 1. The Hall–Kier alpha value is -3.61. The third kappa shape index (κ3) is 6.53. The van der Waals surface area contributed by atoms with Crippen molar-refractivity contribution in [2.24, 2.45) is 0 Å². The first-order valence-electron chi connectivity index (χ1n) is 12.8. The molecule has 2 N–H and O–H groups in total. The van der Waals surface area contributed by atoms with E-state index in [4.69, 9.17) is 4.74 Å². The number of carbonyl (C=O) groups is 3. The number of amides is 3. The predicted molar refractivity (Wildman–Crippen MR) is 142 cm³/mol. The third-order valence-corrected chi connectivity index (χ3v) is 6.50. The lowest BCUT2D eigenvalue weighted by Gasteiger charge is -2.35. The molecule has 0 saturated heterocycles. The van der Waals surface area contributed by atoms with Crippen molar-refractivity contribution in [2.75, 3.05) is 19.0 Å². The number of carbonyl (C=O) groups excluding carboxylic acids is 3. The van der Waals surface area contributed by atoms with E-state index in [9.17, 15) is 14.4 Å². The number of hydrogen-bond donors (Lipinski definition) is 2. The third-order valence-electron chi connectivity index (χ3n) is 6.50. The van der Waals surface area contributed by atoms with Crippen LogP contribution in [0.5, 0.6) is 0 Å². The second-order valence-electron chi connectivity index (χ2n) is 9.11. The van der Waals surface area contributed by atoms with Gasteiger partial charge in [-0.3, -0.25) is 9.69 Å². The fourth-order valence-corrected chi connectivity index (χ4v) is 4.39. The molecule has 7 nitrogen and oxygen atoms in total. The number of rotatable bonds is 11. The number of nitrogens with one attached hydrogen (secondary N) is 2. The van der Waals surface area contributed by atoms with Crippen molar-refractivity contribution in [2.45, 2.75) is 65.3 Å². The molecule has 36 heavy (non-hydrogen) atoms. The largest absolute Gasteiger partial charge is 0.466 e. The minimum Gasteiger partial charge on any atom is -0.466 e. The molecule has 0 saturated carbocycles. The van der Waals surface area contributed by atoms with Crippen molar-refractivity contribution in [3.8, 4) is 0 Å². The lowest BCUT2D eigenvalue weighted by molar-refractivity contribution is -0.136. The highest BCUT2D eigenvalue weighted by Crippen LogP contribution is 2.32. The fraction of sp³-hybridized carbons (Fsp3) is 0.414. The molecule has 0 aliphatic carbocycles. The van der Waals surface area contributed by atoms with E-state index in [0.717, 1.165) is 25.7 Å². The van der Waals surface area contributed by atoms with Gasteiger partial charge in [-0.1, -0.05) is 57.4 Å². The summed E-state index contributed by atoms with van der Waals surface area (Å²) in [5.74, 6) is -0.710. The Kier molecular flexibility index (Phi) is 9.68. The van der Waals surface area contributed by atoms with E-state index < -0.39 is 12.0 Å². The first-order valence-corrected chi connectivity index (χ1v) is 12.8. The summed E-state index contributed by atoms with van der Waals surface area (Å²) < 4.78 is 5.05. The zero-order valence-corrected chi connectivity index (χ0v) is 21.7. The Morgan fingerprint density at radius 3 is 2.42 bits per heavy atom. The van der Waals surface area contributed by atoms with Crippen LogP contribution in [-0.2, 0) is 16.0 Å². The summed E-state index contributed by atoms with van der Waals surface area (Å²) in [6, 6.07) is 13.9. The van der Waals surface area contributed by atoms with Gasteiger partial charge in [0.25, 0.3) is 5.91 Å². The normalized spacial score (nSPS) is 15.5. The summed E-state index contributed by atoms with van der Waals surface area (Å²) >= 11 is 0. The summed E-state index contributed by atoms with van der Waals surface area (Å²) in [5.41, 5.74) is 4.02. The number of urea groups is 1. The maximum Gasteiger partial charge on any atom is 0.337 e. The van der Waals surface area contributed by atoms with Crippen molar-refractivity contribution in [1.82, 2.24) is 10.2 Å². The lowest BCUT2D eigenvalue weighted by atomic mass is 9.94. The Morgan fingerprint density at radius 1 is 1.03 bits per heavy atom. The highest BCUT2D eigenvalue weighted by atomic mass is 16.5. The van der Waals surface area contributed by atoms with E-state index in [0.29, 0.717) is 34.6 Å². The van der Waals surface area contributed by atoms with Crippen molar-refractivity contribution >= 4 is 23.6 Å². The van der Waals surface area contributed by atoms with Gasteiger partial charge in [-0.25, -0.2) is 9.59 Å². The maximum absolute atomic E-state index is 12.9. The summed E-state index contributed by atoms with van der Waals surface area (Å²) in [4.78, 5) is 40.0. The molecule has 0 aromatic heterocycles. The second kappa shape index (κ2) is 12.9. The van der Waals surface area contributed by atoms with Crippen LogP contribution in [0.3, 0.4) is 0 Å². The second-order valence-corrected chi connectivity index (χ2v) is 9.11. The number of unbranched alkanes of at least 4 members (excludes halogenated alkanes) is 3. The molecule has 1 atom stereocenters. The van der Waals surface area contributed by atoms with Gasteiger partial charge in [0.1, 0.15) is 0 Å². The number of methoxy groups -OCH3 is 1. The topological polar surface area (TPSA) is 87.7 Å². The predicted octanol–water partition coefficient (Wildman–Crippen LogP) is 5.99. The molecule has 0 fully saturated rings.